The number of hydrogen-bond donors (Lipinski definition) is 1. The molecule has 1 N–H and O–H groups in total. The minimum absolute atomic E-state index is 0.228. The molecule has 5 rings (SSSR count). The molecule has 0 spiro atoms. The quantitative estimate of drug-likeness (QED) is 0.155. The van der Waals surface area contributed by atoms with Gasteiger partial charge in [-0.25, -0.2) is 9.97 Å². The van der Waals surface area contributed by atoms with Crippen LogP contribution in [0.2, 0.25) is 0 Å². The number of amides is 2. The Morgan fingerprint density at radius 3 is 2.29 bits per heavy atom. The number of hydrogen-bond acceptors (Lipinski definition) is 5. The second-order valence-corrected chi connectivity index (χ2v) is 11.7. The number of rotatable bonds is 12. The molecule has 4 heterocycles. The Hall–Kier alpha value is -4.20. The van der Waals surface area contributed by atoms with Crippen molar-refractivity contribution in [3.63, 3.8) is 0 Å². The number of nitrogens with zero attached hydrogens (tertiary/aromatic N) is 4. The van der Waals surface area contributed by atoms with Gasteiger partial charge in [0.2, 0.25) is 11.8 Å². The molecular formula is C40H59N5O3. The van der Waals surface area contributed by atoms with E-state index in [9.17, 15) is 9.59 Å². The highest BCUT2D eigenvalue weighted by atomic mass is 16.5. The number of benzene rings is 1. The van der Waals surface area contributed by atoms with Crippen molar-refractivity contribution in [2.75, 3.05) is 20.2 Å². The van der Waals surface area contributed by atoms with E-state index in [-0.39, 0.29) is 11.8 Å². The lowest BCUT2D eigenvalue weighted by Crippen LogP contribution is -2.25. The molecule has 3 aromatic rings. The topological polar surface area (TPSA) is 89.3 Å². The van der Waals surface area contributed by atoms with Crippen LogP contribution in [0.25, 0.3) is 22.3 Å². The van der Waals surface area contributed by atoms with Gasteiger partial charge >= 0.3 is 0 Å². The van der Waals surface area contributed by atoms with Crippen LogP contribution in [0.4, 0.5) is 0 Å². The van der Waals surface area contributed by atoms with E-state index >= 15 is 0 Å². The number of nitrogens with one attached hydrogen (secondary N) is 1. The predicted octanol–water partition coefficient (Wildman–Crippen LogP) is 8.88. The van der Waals surface area contributed by atoms with Crippen LogP contribution in [0, 0.1) is 11.8 Å². The molecular weight excluding hydrogens is 598 g/mol. The van der Waals surface area contributed by atoms with E-state index < -0.39 is 0 Å². The Bertz CT molecular complexity index is 1490. The van der Waals surface area contributed by atoms with Crippen molar-refractivity contribution in [2.45, 2.75) is 100 Å². The number of ether oxygens (including phenoxy) is 1. The number of pyridine rings is 1. The predicted molar refractivity (Wildman–Crippen MR) is 199 cm³/mol. The van der Waals surface area contributed by atoms with Crippen LogP contribution in [0.15, 0.2) is 79.0 Å². The Labute approximate surface area is 289 Å². The van der Waals surface area contributed by atoms with Crippen molar-refractivity contribution in [1.29, 1.82) is 0 Å². The first-order chi connectivity index (χ1) is 23.4. The second kappa shape index (κ2) is 21.6. The zero-order chi connectivity index (χ0) is 35.5. The van der Waals surface area contributed by atoms with Gasteiger partial charge in [-0.05, 0) is 48.8 Å². The molecule has 48 heavy (non-hydrogen) atoms. The van der Waals surface area contributed by atoms with Crippen molar-refractivity contribution in [3.05, 3.63) is 84.6 Å². The number of carbonyl (C=O) groups excluding carboxylic acids is 2. The number of imidazole rings is 1. The third kappa shape index (κ3) is 11.5. The Kier molecular flexibility index (Phi) is 18.0. The molecule has 0 saturated carbocycles. The average Bonchev–Trinajstić information content (AvgIpc) is 3.83. The summed E-state index contributed by atoms with van der Waals surface area (Å²) in [4.78, 5) is 35.1. The Morgan fingerprint density at radius 1 is 1.00 bits per heavy atom. The maximum atomic E-state index is 12.8. The Morgan fingerprint density at radius 2 is 1.69 bits per heavy atom. The molecule has 0 bridgehead atoms. The summed E-state index contributed by atoms with van der Waals surface area (Å²) in [6, 6.07) is 10.2. The summed E-state index contributed by atoms with van der Waals surface area (Å²) < 4.78 is 7.19. The van der Waals surface area contributed by atoms with Crippen LogP contribution in [0.3, 0.4) is 0 Å². The molecule has 8 heteroatoms. The highest BCUT2D eigenvalue weighted by Crippen LogP contribution is 2.32. The summed E-state index contributed by atoms with van der Waals surface area (Å²) in [6.07, 6.45) is 15.6. The lowest BCUT2D eigenvalue weighted by molar-refractivity contribution is -0.128. The van der Waals surface area contributed by atoms with Crippen LogP contribution in [0.1, 0.15) is 92.6 Å². The van der Waals surface area contributed by atoms with E-state index in [1.54, 1.807) is 7.11 Å². The molecule has 2 atom stereocenters. The minimum atomic E-state index is 0.228. The first-order valence-corrected chi connectivity index (χ1v) is 17.8. The SMILES string of the molecule is C=C(/C=C\C(=C/C)Cn1cnc2c(CN3CC(CCC)CC3=O)c(-c3ccccc3)cnc21)OC.CC.CC.CCCC1CNC(=O)C1. The van der Waals surface area contributed by atoms with Gasteiger partial charge in [0.15, 0.2) is 5.65 Å². The first kappa shape index (κ1) is 40.0. The van der Waals surface area contributed by atoms with Crippen molar-refractivity contribution in [2.24, 2.45) is 11.8 Å². The van der Waals surface area contributed by atoms with Crippen LogP contribution in [-0.4, -0.2) is 51.4 Å². The van der Waals surface area contributed by atoms with Gasteiger partial charge in [0.05, 0.1) is 20.0 Å². The monoisotopic (exact) mass is 657 g/mol. The van der Waals surface area contributed by atoms with E-state index in [0.29, 0.717) is 37.1 Å². The maximum Gasteiger partial charge on any atom is 0.223 e. The van der Waals surface area contributed by atoms with E-state index in [4.69, 9.17) is 14.7 Å². The van der Waals surface area contributed by atoms with Crippen molar-refractivity contribution in [1.82, 2.24) is 24.8 Å². The fourth-order valence-corrected chi connectivity index (χ4v) is 5.98. The third-order valence-electron chi connectivity index (χ3n) is 8.39. The molecule has 0 radical (unpaired) electrons. The van der Waals surface area contributed by atoms with Crippen LogP contribution >= 0.6 is 0 Å². The fraction of sp³-hybridized carbons (Fsp3) is 0.500. The zero-order valence-electron chi connectivity index (χ0n) is 30.7. The number of allylic oxidation sites excluding steroid dienone is 4. The minimum Gasteiger partial charge on any atom is -0.497 e. The molecule has 1 aromatic carbocycles. The van der Waals surface area contributed by atoms with Crippen LogP contribution in [0.5, 0.6) is 0 Å². The molecule has 2 aromatic heterocycles. The Balaban J connectivity index is 0.000000522. The van der Waals surface area contributed by atoms with Crippen molar-refractivity contribution >= 4 is 23.0 Å². The van der Waals surface area contributed by atoms with Crippen LogP contribution in [-0.2, 0) is 27.4 Å². The first-order valence-electron chi connectivity index (χ1n) is 17.8. The fourth-order valence-electron chi connectivity index (χ4n) is 5.98. The van der Waals surface area contributed by atoms with E-state index in [2.05, 4.69) is 48.5 Å². The number of likely N-dealkylation sites (tertiary alicyclic amines) is 1. The number of methoxy groups -OCH3 is 1. The molecule has 2 unspecified atom stereocenters. The highest BCUT2D eigenvalue weighted by Gasteiger charge is 2.30. The van der Waals surface area contributed by atoms with Gasteiger partial charge in [-0.15, -0.1) is 0 Å². The standard InChI is InChI=1S/C29H34N4O2.C7H13NO.2C2H6/c1-5-10-23-15-27(34)32(18-23)19-26-25(24-11-8-7-9-12-24)16-30-29-28(26)31-20-33(29)17-22(6-2)14-13-21(3)35-4;1-2-3-6-4-7(9)8-5-6;2*1-2/h6-9,11-14,16,20,23H,3,5,10,15,17-19H2,1-2,4H3;6H,2-5H2,1H3,(H,8,9);2*1-2H3/b14-13-,22-6+;;;. The summed E-state index contributed by atoms with van der Waals surface area (Å²) in [5, 5.41) is 2.82. The van der Waals surface area contributed by atoms with E-state index in [1.165, 1.54) is 12.8 Å². The van der Waals surface area contributed by atoms with Crippen molar-refractivity contribution in [3.8, 4) is 11.1 Å². The maximum absolute atomic E-state index is 12.8. The van der Waals surface area contributed by atoms with Gasteiger partial charge in [-0.2, -0.15) is 0 Å². The normalized spacial score (nSPS) is 17.2. The molecule has 262 valence electrons. The lowest BCUT2D eigenvalue weighted by atomic mass is 10.0. The average molecular weight is 658 g/mol. The van der Waals surface area contributed by atoms with Crippen molar-refractivity contribution < 1.29 is 14.3 Å². The summed E-state index contributed by atoms with van der Waals surface area (Å²) in [5.74, 6) is 2.13. The lowest BCUT2D eigenvalue weighted by Gasteiger charge is -2.19. The van der Waals surface area contributed by atoms with Crippen LogP contribution < -0.4 is 5.32 Å². The summed E-state index contributed by atoms with van der Waals surface area (Å²) in [6.45, 7) is 21.1. The largest absolute Gasteiger partial charge is 0.497 e. The molecule has 2 fully saturated rings. The molecule has 2 aliphatic heterocycles. The molecule has 2 aliphatic rings. The zero-order valence-corrected chi connectivity index (χ0v) is 30.7. The van der Waals surface area contributed by atoms with Gasteiger partial charge in [0, 0.05) is 49.8 Å². The molecule has 8 nitrogen and oxygen atoms in total. The second-order valence-electron chi connectivity index (χ2n) is 11.7. The molecule has 0 aliphatic carbocycles. The number of carbonyl (C=O) groups is 2. The van der Waals surface area contributed by atoms with E-state index in [1.807, 2.05) is 82.4 Å². The summed E-state index contributed by atoms with van der Waals surface area (Å²) in [5.41, 5.74) is 5.91. The van der Waals surface area contributed by atoms with Gasteiger partial charge < -0.3 is 19.5 Å². The number of aromatic nitrogens is 3. The number of fused-ring (bicyclic) bond motifs is 1. The molecule has 2 amide bonds. The summed E-state index contributed by atoms with van der Waals surface area (Å²) >= 11 is 0. The van der Waals surface area contributed by atoms with E-state index in [0.717, 1.165) is 65.8 Å². The van der Waals surface area contributed by atoms with Gasteiger partial charge in [0.1, 0.15) is 11.3 Å². The molecule has 2 saturated heterocycles. The van der Waals surface area contributed by atoms with Gasteiger partial charge in [-0.1, -0.05) is 103 Å². The third-order valence-corrected chi connectivity index (χ3v) is 8.39. The van der Waals surface area contributed by atoms with Gasteiger partial charge in [0.25, 0.3) is 0 Å². The summed E-state index contributed by atoms with van der Waals surface area (Å²) in [7, 11) is 1.61. The smallest absolute Gasteiger partial charge is 0.223 e. The highest BCUT2D eigenvalue weighted by molar-refractivity contribution is 5.85. The van der Waals surface area contributed by atoms with Gasteiger partial charge in [-0.3, -0.25) is 9.59 Å².